The molecule has 0 unspecified atom stereocenters. The Morgan fingerprint density at radius 3 is 2.21 bits per heavy atom. The Morgan fingerprint density at radius 1 is 1.07 bits per heavy atom. The third-order valence-corrected chi connectivity index (χ3v) is 5.53. The molecular formula is C20H26FN3O3S. The van der Waals surface area contributed by atoms with Gasteiger partial charge in [0.05, 0.1) is 11.9 Å². The number of carbonyl (C=O) groups is 1. The molecule has 2 aromatic rings. The predicted octanol–water partition coefficient (Wildman–Crippen LogP) is 2.62. The fourth-order valence-corrected chi connectivity index (χ4v) is 4.14. The van der Waals surface area contributed by atoms with Crippen molar-refractivity contribution in [3.8, 4) is 0 Å². The van der Waals surface area contributed by atoms with E-state index in [-0.39, 0.29) is 12.1 Å². The second-order valence-corrected chi connectivity index (χ2v) is 8.37. The summed E-state index contributed by atoms with van der Waals surface area (Å²) in [6.45, 7) is 2.67. The van der Waals surface area contributed by atoms with E-state index < -0.39 is 27.8 Å². The average Bonchev–Trinajstić information content (AvgIpc) is 2.66. The SMILES string of the molecule is CC[C@H](C(=O)NCCN(C)c1ccccc1)N(c1ccc(F)cc1)S(C)(=O)=O. The molecule has 1 N–H and O–H groups in total. The number of benzene rings is 2. The van der Waals surface area contributed by atoms with Crippen LogP contribution >= 0.6 is 0 Å². The lowest BCUT2D eigenvalue weighted by Gasteiger charge is -2.30. The zero-order chi connectivity index (χ0) is 20.7. The van der Waals surface area contributed by atoms with Crippen molar-refractivity contribution >= 4 is 27.3 Å². The zero-order valence-electron chi connectivity index (χ0n) is 16.3. The lowest BCUT2D eigenvalue weighted by Crippen LogP contribution is -2.50. The highest BCUT2D eigenvalue weighted by molar-refractivity contribution is 7.92. The molecule has 2 rings (SSSR count). The molecule has 0 saturated carbocycles. The normalized spacial score (nSPS) is 12.3. The van der Waals surface area contributed by atoms with Crippen molar-refractivity contribution in [2.24, 2.45) is 0 Å². The van der Waals surface area contributed by atoms with Gasteiger partial charge in [0.25, 0.3) is 0 Å². The van der Waals surface area contributed by atoms with Gasteiger partial charge in [-0.3, -0.25) is 9.10 Å². The van der Waals surface area contributed by atoms with E-state index in [9.17, 15) is 17.6 Å². The summed E-state index contributed by atoms with van der Waals surface area (Å²) in [7, 11) is -1.82. The molecular weight excluding hydrogens is 381 g/mol. The highest BCUT2D eigenvalue weighted by Crippen LogP contribution is 2.22. The number of nitrogens with one attached hydrogen (secondary N) is 1. The number of hydrogen-bond donors (Lipinski definition) is 1. The van der Waals surface area contributed by atoms with E-state index in [0.29, 0.717) is 13.1 Å². The molecule has 0 heterocycles. The average molecular weight is 408 g/mol. The van der Waals surface area contributed by atoms with Crippen LogP contribution in [0.15, 0.2) is 54.6 Å². The van der Waals surface area contributed by atoms with Gasteiger partial charge in [0.2, 0.25) is 15.9 Å². The third kappa shape index (κ3) is 5.69. The van der Waals surface area contributed by atoms with E-state index in [1.807, 2.05) is 42.3 Å². The number of likely N-dealkylation sites (N-methyl/N-ethyl adjacent to an activating group) is 1. The maximum absolute atomic E-state index is 13.2. The first-order chi connectivity index (χ1) is 13.2. The fourth-order valence-electron chi connectivity index (χ4n) is 2.92. The maximum atomic E-state index is 13.2. The van der Waals surface area contributed by atoms with Gasteiger partial charge in [-0.05, 0) is 42.8 Å². The first kappa shape index (κ1) is 21.7. The van der Waals surface area contributed by atoms with Gasteiger partial charge >= 0.3 is 0 Å². The van der Waals surface area contributed by atoms with E-state index >= 15 is 0 Å². The van der Waals surface area contributed by atoms with Crippen LogP contribution in [-0.4, -0.2) is 46.8 Å². The monoisotopic (exact) mass is 407 g/mol. The smallest absolute Gasteiger partial charge is 0.243 e. The Kier molecular flexibility index (Phi) is 7.39. The molecule has 0 aliphatic rings. The van der Waals surface area contributed by atoms with Gasteiger partial charge in [0.1, 0.15) is 11.9 Å². The van der Waals surface area contributed by atoms with Crippen LogP contribution in [0.4, 0.5) is 15.8 Å². The summed E-state index contributed by atoms with van der Waals surface area (Å²) in [5.74, 6) is -0.864. The highest BCUT2D eigenvalue weighted by atomic mass is 32.2. The van der Waals surface area contributed by atoms with Crippen molar-refractivity contribution in [3.05, 3.63) is 60.4 Å². The Labute approximate surface area is 166 Å². The summed E-state index contributed by atoms with van der Waals surface area (Å²) in [5, 5.41) is 2.81. The lowest BCUT2D eigenvalue weighted by molar-refractivity contribution is -0.122. The maximum Gasteiger partial charge on any atom is 0.243 e. The zero-order valence-corrected chi connectivity index (χ0v) is 17.1. The summed E-state index contributed by atoms with van der Waals surface area (Å²) in [5.41, 5.74) is 1.28. The van der Waals surface area contributed by atoms with E-state index in [0.717, 1.165) is 16.2 Å². The van der Waals surface area contributed by atoms with E-state index in [4.69, 9.17) is 0 Å². The number of halogens is 1. The number of rotatable bonds is 9. The molecule has 1 atom stereocenters. The number of amides is 1. The number of carbonyl (C=O) groups excluding carboxylic acids is 1. The van der Waals surface area contributed by atoms with Crippen LogP contribution in [0.1, 0.15) is 13.3 Å². The van der Waals surface area contributed by atoms with Crippen LogP contribution in [0, 0.1) is 5.82 Å². The van der Waals surface area contributed by atoms with Gasteiger partial charge < -0.3 is 10.2 Å². The van der Waals surface area contributed by atoms with Crippen molar-refractivity contribution in [2.75, 3.05) is 35.6 Å². The minimum atomic E-state index is -3.73. The Hall–Kier alpha value is -2.61. The lowest BCUT2D eigenvalue weighted by atomic mass is 10.2. The molecule has 0 spiro atoms. The molecule has 6 nitrogen and oxygen atoms in total. The van der Waals surface area contributed by atoms with Crippen molar-refractivity contribution in [2.45, 2.75) is 19.4 Å². The molecule has 0 radical (unpaired) electrons. The second-order valence-electron chi connectivity index (χ2n) is 6.51. The molecule has 152 valence electrons. The van der Waals surface area contributed by atoms with Crippen molar-refractivity contribution in [1.82, 2.24) is 5.32 Å². The molecule has 0 saturated heterocycles. The standard InChI is InChI=1S/C20H26FN3O3S/c1-4-19(24(28(3,26)27)18-12-10-16(21)11-13-18)20(25)22-14-15-23(2)17-8-6-5-7-9-17/h5-13,19H,4,14-15H2,1-3H3,(H,22,25)/t19-/m1/s1. The quantitative estimate of drug-likeness (QED) is 0.694. The molecule has 0 bridgehead atoms. The Bertz CT molecular complexity index is 873. The molecule has 0 aliphatic carbocycles. The van der Waals surface area contributed by atoms with Gasteiger partial charge in [-0.15, -0.1) is 0 Å². The van der Waals surface area contributed by atoms with Crippen LogP contribution in [0.25, 0.3) is 0 Å². The Balaban J connectivity index is 2.08. The first-order valence-corrected chi connectivity index (χ1v) is 10.9. The largest absolute Gasteiger partial charge is 0.373 e. The van der Waals surface area contributed by atoms with E-state index in [1.165, 1.54) is 24.3 Å². The topological polar surface area (TPSA) is 69.7 Å². The first-order valence-electron chi connectivity index (χ1n) is 9.03. The van der Waals surface area contributed by atoms with Gasteiger partial charge in [-0.2, -0.15) is 0 Å². The number of sulfonamides is 1. The van der Waals surface area contributed by atoms with Crippen molar-refractivity contribution in [1.29, 1.82) is 0 Å². The number of hydrogen-bond acceptors (Lipinski definition) is 4. The Morgan fingerprint density at radius 2 is 1.68 bits per heavy atom. The number of anilines is 2. The second kappa shape index (κ2) is 9.54. The molecule has 8 heteroatoms. The van der Waals surface area contributed by atoms with Crippen LogP contribution < -0.4 is 14.5 Å². The molecule has 28 heavy (non-hydrogen) atoms. The van der Waals surface area contributed by atoms with Gasteiger partial charge in [-0.1, -0.05) is 25.1 Å². The summed E-state index contributed by atoms with van der Waals surface area (Å²) in [6, 6.07) is 13.9. The van der Waals surface area contributed by atoms with E-state index in [2.05, 4.69) is 5.32 Å². The van der Waals surface area contributed by atoms with Gasteiger partial charge in [0.15, 0.2) is 0 Å². The van der Waals surface area contributed by atoms with Crippen molar-refractivity contribution in [3.63, 3.8) is 0 Å². The van der Waals surface area contributed by atoms with Crippen molar-refractivity contribution < 1.29 is 17.6 Å². The summed E-state index contributed by atoms with van der Waals surface area (Å²) in [6.07, 6.45) is 1.32. The van der Waals surface area contributed by atoms with Crippen LogP contribution in [0.3, 0.4) is 0 Å². The summed E-state index contributed by atoms with van der Waals surface area (Å²) < 4.78 is 38.9. The summed E-state index contributed by atoms with van der Waals surface area (Å²) in [4.78, 5) is 14.7. The molecule has 0 aliphatic heterocycles. The van der Waals surface area contributed by atoms with E-state index in [1.54, 1.807) is 6.92 Å². The molecule has 2 aromatic carbocycles. The molecule has 0 fully saturated rings. The minimum absolute atomic E-state index is 0.257. The number of para-hydroxylation sites is 1. The van der Waals surface area contributed by atoms with Crippen LogP contribution in [0.5, 0.6) is 0 Å². The van der Waals surface area contributed by atoms with Crippen LogP contribution in [-0.2, 0) is 14.8 Å². The molecule has 1 amide bonds. The van der Waals surface area contributed by atoms with Gasteiger partial charge in [-0.25, -0.2) is 12.8 Å². The molecule has 0 aromatic heterocycles. The van der Waals surface area contributed by atoms with Gasteiger partial charge in [0, 0.05) is 25.8 Å². The summed E-state index contributed by atoms with van der Waals surface area (Å²) >= 11 is 0. The highest BCUT2D eigenvalue weighted by Gasteiger charge is 2.31. The number of nitrogens with zero attached hydrogens (tertiary/aromatic N) is 2. The minimum Gasteiger partial charge on any atom is -0.373 e. The third-order valence-electron chi connectivity index (χ3n) is 4.35. The van der Waals surface area contributed by atoms with Crippen LogP contribution in [0.2, 0.25) is 0 Å². The fraction of sp³-hybridized carbons (Fsp3) is 0.350. The predicted molar refractivity (Wildman–Crippen MR) is 111 cm³/mol.